The summed E-state index contributed by atoms with van der Waals surface area (Å²) in [5.41, 5.74) is 1.29. The molecule has 1 aromatic rings. The van der Waals surface area contributed by atoms with Crippen molar-refractivity contribution in [2.45, 2.75) is 39.7 Å². The van der Waals surface area contributed by atoms with Crippen LogP contribution in [0.2, 0.25) is 5.02 Å². The summed E-state index contributed by atoms with van der Waals surface area (Å²) in [6.07, 6.45) is 2.54. The highest BCUT2D eigenvalue weighted by Gasteiger charge is 2.24. The van der Waals surface area contributed by atoms with E-state index in [1.807, 2.05) is 12.1 Å². The third kappa shape index (κ3) is 4.68. The van der Waals surface area contributed by atoms with Gasteiger partial charge in [0.15, 0.2) is 0 Å². The van der Waals surface area contributed by atoms with Crippen LogP contribution in [0.3, 0.4) is 0 Å². The van der Waals surface area contributed by atoms with Gasteiger partial charge in [-0.15, -0.1) is 0 Å². The second-order valence-corrected chi connectivity index (χ2v) is 6.99. The minimum Gasteiger partial charge on any atom is -0.370 e. The third-order valence-corrected chi connectivity index (χ3v) is 4.26. The first-order valence-electron chi connectivity index (χ1n) is 7.78. The van der Waals surface area contributed by atoms with E-state index in [0.717, 1.165) is 36.5 Å². The number of hydrogen-bond acceptors (Lipinski definition) is 2. The summed E-state index contributed by atoms with van der Waals surface area (Å²) in [4.78, 5) is 2.48. The zero-order valence-electron chi connectivity index (χ0n) is 12.9. The molecule has 112 valence electrons. The quantitative estimate of drug-likeness (QED) is 0.876. The second kappa shape index (κ2) is 7.33. The van der Waals surface area contributed by atoms with Crippen molar-refractivity contribution in [3.8, 4) is 0 Å². The summed E-state index contributed by atoms with van der Waals surface area (Å²) < 4.78 is 0. The largest absolute Gasteiger partial charge is 0.370 e. The smallest absolute Gasteiger partial charge is 0.0407 e. The van der Waals surface area contributed by atoms with Crippen molar-refractivity contribution in [2.75, 3.05) is 24.5 Å². The molecule has 1 heterocycles. The van der Waals surface area contributed by atoms with Gasteiger partial charge < -0.3 is 10.2 Å². The predicted molar refractivity (Wildman–Crippen MR) is 88.7 cm³/mol. The molecule has 3 heteroatoms. The number of piperidine rings is 1. The van der Waals surface area contributed by atoms with Crippen LogP contribution in [-0.4, -0.2) is 25.7 Å². The fourth-order valence-corrected chi connectivity index (χ4v) is 3.06. The standard InChI is InChI=1S/C17H27ClN2/c1-13(2)8-9-19-16-10-14(3)11-20(12-16)17-6-4-15(18)5-7-17/h4-7,13-14,16,19H,8-12H2,1-3H3. The van der Waals surface area contributed by atoms with E-state index in [1.54, 1.807) is 0 Å². The fourth-order valence-electron chi connectivity index (χ4n) is 2.94. The first kappa shape index (κ1) is 15.7. The Morgan fingerprint density at radius 2 is 1.95 bits per heavy atom. The number of nitrogens with zero attached hydrogens (tertiary/aromatic N) is 1. The Labute approximate surface area is 128 Å². The maximum absolute atomic E-state index is 5.98. The molecule has 0 saturated carbocycles. The molecule has 1 N–H and O–H groups in total. The molecule has 1 aliphatic heterocycles. The van der Waals surface area contributed by atoms with Crippen LogP contribution >= 0.6 is 11.6 Å². The zero-order valence-corrected chi connectivity index (χ0v) is 13.7. The average molecular weight is 295 g/mol. The normalized spacial score (nSPS) is 23.4. The summed E-state index contributed by atoms with van der Waals surface area (Å²) in [6, 6.07) is 8.83. The van der Waals surface area contributed by atoms with Crippen LogP contribution < -0.4 is 10.2 Å². The maximum atomic E-state index is 5.98. The Balaban J connectivity index is 1.92. The number of rotatable bonds is 5. The van der Waals surface area contributed by atoms with Crippen molar-refractivity contribution < 1.29 is 0 Å². The molecular weight excluding hydrogens is 268 g/mol. The van der Waals surface area contributed by atoms with Gasteiger partial charge in [-0.05, 0) is 55.5 Å². The summed E-state index contributed by atoms with van der Waals surface area (Å²) in [5, 5.41) is 4.54. The van der Waals surface area contributed by atoms with Gasteiger partial charge in [0, 0.05) is 29.8 Å². The number of hydrogen-bond donors (Lipinski definition) is 1. The summed E-state index contributed by atoms with van der Waals surface area (Å²) in [5.74, 6) is 1.51. The molecule has 20 heavy (non-hydrogen) atoms. The summed E-state index contributed by atoms with van der Waals surface area (Å²) in [6.45, 7) is 10.3. The molecular formula is C17H27ClN2. The number of halogens is 1. The van der Waals surface area contributed by atoms with E-state index < -0.39 is 0 Å². The highest BCUT2D eigenvalue weighted by Crippen LogP contribution is 2.24. The first-order chi connectivity index (χ1) is 9.54. The minimum atomic E-state index is 0.605. The van der Waals surface area contributed by atoms with Gasteiger partial charge in [-0.3, -0.25) is 0 Å². The molecule has 1 saturated heterocycles. The van der Waals surface area contributed by atoms with Crippen LogP contribution in [0.5, 0.6) is 0 Å². The van der Waals surface area contributed by atoms with Gasteiger partial charge in [-0.1, -0.05) is 32.4 Å². The van der Waals surface area contributed by atoms with Gasteiger partial charge in [0.05, 0.1) is 0 Å². The molecule has 0 amide bonds. The van der Waals surface area contributed by atoms with Crippen LogP contribution in [0, 0.1) is 11.8 Å². The second-order valence-electron chi connectivity index (χ2n) is 6.56. The van der Waals surface area contributed by atoms with E-state index in [1.165, 1.54) is 18.5 Å². The van der Waals surface area contributed by atoms with Crippen molar-refractivity contribution in [1.29, 1.82) is 0 Å². The molecule has 0 aromatic heterocycles. The summed E-state index contributed by atoms with van der Waals surface area (Å²) >= 11 is 5.98. The van der Waals surface area contributed by atoms with E-state index in [0.29, 0.717) is 6.04 Å². The first-order valence-corrected chi connectivity index (χ1v) is 8.16. The van der Waals surface area contributed by atoms with E-state index in [2.05, 4.69) is 43.1 Å². The van der Waals surface area contributed by atoms with Gasteiger partial charge >= 0.3 is 0 Å². The Bertz CT molecular complexity index is 402. The lowest BCUT2D eigenvalue weighted by molar-refractivity contribution is 0.344. The number of benzene rings is 1. The van der Waals surface area contributed by atoms with Gasteiger partial charge in [-0.2, -0.15) is 0 Å². The third-order valence-electron chi connectivity index (χ3n) is 4.01. The van der Waals surface area contributed by atoms with Crippen molar-refractivity contribution in [3.05, 3.63) is 29.3 Å². The SMILES string of the molecule is CC(C)CCNC1CC(C)CN(c2ccc(Cl)cc2)C1. The topological polar surface area (TPSA) is 15.3 Å². The van der Waals surface area contributed by atoms with E-state index >= 15 is 0 Å². The Hall–Kier alpha value is -0.730. The predicted octanol–water partition coefficient (Wildman–Crippen LogP) is 4.19. The molecule has 1 aromatic carbocycles. The van der Waals surface area contributed by atoms with Crippen LogP contribution in [0.15, 0.2) is 24.3 Å². The summed E-state index contributed by atoms with van der Waals surface area (Å²) in [7, 11) is 0. The Morgan fingerprint density at radius 1 is 1.25 bits per heavy atom. The van der Waals surface area contributed by atoms with Crippen LogP contribution in [0.1, 0.15) is 33.6 Å². The van der Waals surface area contributed by atoms with Crippen molar-refractivity contribution in [3.63, 3.8) is 0 Å². The highest BCUT2D eigenvalue weighted by molar-refractivity contribution is 6.30. The molecule has 1 aliphatic rings. The van der Waals surface area contributed by atoms with Crippen molar-refractivity contribution >= 4 is 17.3 Å². The van der Waals surface area contributed by atoms with Gasteiger partial charge in [0.1, 0.15) is 0 Å². The van der Waals surface area contributed by atoms with E-state index in [9.17, 15) is 0 Å². The molecule has 2 atom stereocenters. The van der Waals surface area contributed by atoms with Crippen LogP contribution in [-0.2, 0) is 0 Å². The van der Waals surface area contributed by atoms with Gasteiger partial charge in [0.2, 0.25) is 0 Å². The lowest BCUT2D eigenvalue weighted by Crippen LogP contribution is -2.49. The molecule has 1 fully saturated rings. The zero-order chi connectivity index (χ0) is 14.5. The molecule has 0 radical (unpaired) electrons. The molecule has 2 nitrogen and oxygen atoms in total. The van der Waals surface area contributed by atoms with E-state index in [4.69, 9.17) is 11.6 Å². The van der Waals surface area contributed by atoms with Crippen molar-refractivity contribution in [2.24, 2.45) is 11.8 Å². The lowest BCUT2D eigenvalue weighted by atomic mass is 9.95. The van der Waals surface area contributed by atoms with Gasteiger partial charge in [0.25, 0.3) is 0 Å². The van der Waals surface area contributed by atoms with Crippen LogP contribution in [0.4, 0.5) is 5.69 Å². The lowest BCUT2D eigenvalue weighted by Gasteiger charge is -2.38. The highest BCUT2D eigenvalue weighted by atomic mass is 35.5. The monoisotopic (exact) mass is 294 g/mol. The van der Waals surface area contributed by atoms with Gasteiger partial charge in [-0.25, -0.2) is 0 Å². The van der Waals surface area contributed by atoms with Crippen LogP contribution in [0.25, 0.3) is 0 Å². The molecule has 0 spiro atoms. The molecule has 0 aliphatic carbocycles. The molecule has 2 rings (SSSR count). The van der Waals surface area contributed by atoms with E-state index in [-0.39, 0.29) is 0 Å². The Kier molecular flexibility index (Phi) is 5.74. The van der Waals surface area contributed by atoms with Crippen molar-refractivity contribution in [1.82, 2.24) is 5.32 Å². The fraction of sp³-hybridized carbons (Fsp3) is 0.647. The average Bonchev–Trinajstić information content (AvgIpc) is 2.38. The Morgan fingerprint density at radius 3 is 2.60 bits per heavy atom. The molecule has 0 bridgehead atoms. The maximum Gasteiger partial charge on any atom is 0.0407 e. The number of anilines is 1. The number of nitrogens with one attached hydrogen (secondary N) is 1. The minimum absolute atomic E-state index is 0.605. The molecule has 2 unspecified atom stereocenters.